The van der Waals surface area contributed by atoms with Crippen LogP contribution in [-0.2, 0) is 6.42 Å². The van der Waals surface area contributed by atoms with Gasteiger partial charge in [-0.15, -0.1) is 0 Å². The second kappa shape index (κ2) is 7.42. The van der Waals surface area contributed by atoms with Crippen LogP contribution in [-0.4, -0.2) is 22.6 Å². The molecule has 27 heavy (non-hydrogen) atoms. The fourth-order valence-electron chi connectivity index (χ4n) is 2.57. The normalized spacial score (nSPS) is 11.0. The van der Waals surface area contributed by atoms with Crippen LogP contribution in [0.15, 0.2) is 57.5 Å². The molecule has 0 bridgehead atoms. The van der Waals surface area contributed by atoms with Crippen molar-refractivity contribution in [1.29, 1.82) is 0 Å². The van der Waals surface area contributed by atoms with Crippen molar-refractivity contribution >= 4 is 40.1 Å². The van der Waals surface area contributed by atoms with Gasteiger partial charge < -0.3 is 14.3 Å². The summed E-state index contributed by atoms with van der Waals surface area (Å²) >= 11 is 11.8. The van der Waals surface area contributed by atoms with E-state index in [9.17, 15) is 4.79 Å². The number of hydrogen-bond acceptors (Lipinski definition) is 5. The maximum absolute atomic E-state index is 12.2. The van der Waals surface area contributed by atoms with E-state index in [-0.39, 0.29) is 11.7 Å². The van der Waals surface area contributed by atoms with Gasteiger partial charge in [0.05, 0.1) is 0 Å². The summed E-state index contributed by atoms with van der Waals surface area (Å²) in [5, 5.41) is 8.70. The predicted molar refractivity (Wildman–Crippen MR) is 102 cm³/mol. The molecule has 1 amide bonds. The first-order valence-corrected chi connectivity index (χ1v) is 8.90. The van der Waals surface area contributed by atoms with Gasteiger partial charge in [0.2, 0.25) is 11.7 Å². The van der Waals surface area contributed by atoms with Gasteiger partial charge in [0.25, 0.3) is 5.91 Å². The molecule has 1 N–H and O–H groups in total. The molecule has 0 fully saturated rings. The molecule has 2 aromatic heterocycles. The Balaban J connectivity index is 1.36. The van der Waals surface area contributed by atoms with Gasteiger partial charge in [-0.2, -0.15) is 4.98 Å². The zero-order chi connectivity index (χ0) is 18.8. The third-order valence-electron chi connectivity index (χ3n) is 3.90. The van der Waals surface area contributed by atoms with Gasteiger partial charge in [-0.05, 0) is 48.5 Å². The number of fused-ring (bicyclic) bond motifs is 1. The summed E-state index contributed by atoms with van der Waals surface area (Å²) in [7, 11) is 0. The number of hydrogen-bond donors (Lipinski definition) is 1. The van der Waals surface area contributed by atoms with Crippen molar-refractivity contribution in [1.82, 2.24) is 15.5 Å². The minimum Gasteiger partial charge on any atom is -0.451 e. The van der Waals surface area contributed by atoms with Crippen molar-refractivity contribution in [2.24, 2.45) is 0 Å². The number of carbonyl (C=O) groups is 1. The smallest absolute Gasteiger partial charge is 0.287 e. The van der Waals surface area contributed by atoms with E-state index in [0.717, 1.165) is 10.9 Å². The largest absolute Gasteiger partial charge is 0.451 e. The maximum atomic E-state index is 12.2. The summed E-state index contributed by atoms with van der Waals surface area (Å²) in [4.78, 5) is 16.5. The van der Waals surface area contributed by atoms with E-state index in [4.69, 9.17) is 32.1 Å². The molecule has 136 valence electrons. The summed E-state index contributed by atoms with van der Waals surface area (Å²) in [6.45, 7) is 0.332. The number of rotatable bonds is 5. The summed E-state index contributed by atoms with van der Waals surface area (Å²) in [5.74, 6) is 0.804. The van der Waals surface area contributed by atoms with Crippen molar-refractivity contribution < 1.29 is 13.7 Å². The number of carbonyl (C=O) groups excluding carboxylic acids is 1. The number of halogens is 2. The summed E-state index contributed by atoms with van der Waals surface area (Å²) in [6, 6.07) is 14.0. The Bertz CT molecular complexity index is 1100. The highest BCUT2D eigenvalue weighted by Crippen LogP contribution is 2.23. The Morgan fingerprint density at radius 1 is 1.04 bits per heavy atom. The van der Waals surface area contributed by atoms with Gasteiger partial charge in [0.1, 0.15) is 5.58 Å². The van der Waals surface area contributed by atoms with Crippen molar-refractivity contribution in [3.05, 3.63) is 70.2 Å². The minimum atomic E-state index is -0.320. The average Bonchev–Trinajstić information content (AvgIpc) is 3.29. The van der Waals surface area contributed by atoms with E-state index < -0.39 is 0 Å². The molecular weight excluding hydrogens is 389 g/mol. The fourth-order valence-corrected chi connectivity index (χ4v) is 2.88. The zero-order valence-electron chi connectivity index (χ0n) is 13.9. The number of nitrogens with zero attached hydrogens (tertiary/aromatic N) is 2. The Labute approximate surface area is 164 Å². The van der Waals surface area contributed by atoms with Gasteiger partial charge in [0.15, 0.2) is 5.76 Å². The number of furan rings is 1. The van der Waals surface area contributed by atoms with Gasteiger partial charge in [0, 0.05) is 34.0 Å². The molecule has 0 unspecified atom stereocenters. The van der Waals surface area contributed by atoms with Crippen LogP contribution >= 0.6 is 23.2 Å². The number of nitrogens with one attached hydrogen (secondary N) is 1. The Morgan fingerprint density at radius 2 is 1.81 bits per heavy atom. The molecule has 4 rings (SSSR count). The molecule has 0 aliphatic rings. The van der Waals surface area contributed by atoms with Crippen LogP contribution in [0.5, 0.6) is 0 Å². The second-order valence-electron chi connectivity index (χ2n) is 5.82. The van der Waals surface area contributed by atoms with Crippen molar-refractivity contribution in [3.63, 3.8) is 0 Å². The van der Waals surface area contributed by atoms with Crippen LogP contribution in [0.4, 0.5) is 0 Å². The molecule has 0 spiro atoms. The molecular formula is C19H13Cl2N3O3. The molecule has 0 saturated carbocycles. The molecule has 8 heteroatoms. The SMILES string of the molecule is O=C(NCCc1nc(-c2ccc(Cl)cc2)no1)c1cc2cc(Cl)ccc2o1. The Hall–Kier alpha value is -2.83. The standard InChI is InChI=1S/C19H13Cl2N3O3/c20-13-3-1-11(2-4-13)18-23-17(27-24-18)7-8-22-19(25)16-10-12-9-14(21)5-6-15(12)26-16/h1-6,9-10H,7-8H2,(H,22,25). The first kappa shape index (κ1) is 17.6. The molecule has 4 aromatic rings. The quantitative estimate of drug-likeness (QED) is 0.521. The van der Waals surface area contributed by atoms with E-state index in [2.05, 4.69) is 15.5 Å². The summed E-state index contributed by atoms with van der Waals surface area (Å²) < 4.78 is 10.7. The van der Waals surface area contributed by atoms with Crippen molar-refractivity contribution in [2.75, 3.05) is 6.54 Å². The fraction of sp³-hybridized carbons (Fsp3) is 0.105. The summed E-state index contributed by atoms with van der Waals surface area (Å²) in [6.07, 6.45) is 0.401. The van der Waals surface area contributed by atoms with Gasteiger partial charge in [-0.1, -0.05) is 28.4 Å². The predicted octanol–water partition coefficient (Wildman–Crippen LogP) is 4.76. The van der Waals surface area contributed by atoms with Gasteiger partial charge in [-0.3, -0.25) is 4.79 Å². The van der Waals surface area contributed by atoms with Crippen LogP contribution in [0, 0.1) is 0 Å². The van der Waals surface area contributed by atoms with E-state index in [1.165, 1.54) is 0 Å². The molecule has 0 aliphatic heterocycles. The van der Waals surface area contributed by atoms with Crippen LogP contribution in [0.3, 0.4) is 0 Å². The zero-order valence-corrected chi connectivity index (χ0v) is 15.4. The van der Waals surface area contributed by atoms with Crippen LogP contribution in [0.1, 0.15) is 16.4 Å². The monoisotopic (exact) mass is 401 g/mol. The van der Waals surface area contributed by atoms with Crippen molar-refractivity contribution in [2.45, 2.75) is 6.42 Å². The number of amides is 1. The molecule has 2 heterocycles. The van der Waals surface area contributed by atoms with E-state index in [1.807, 2.05) is 12.1 Å². The van der Waals surface area contributed by atoms with E-state index in [1.54, 1.807) is 36.4 Å². The lowest BCUT2D eigenvalue weighted by atomic mass is 10.2. The average molecular weight is 402 g/mol. The topological polar surface area (TPSA) is 81.2 Å². The van der Waals surface area contributed by atoms with Crippen LogP contribution < -0.4 is 5.32 Å². The van der Waals surface area contributed by atoms with Gasteiger partial charge in [-0.25, -0.2) is 0 Å². The van der Waals surface area contributed by atoms with Gasteiger partial charge >= 0.3 is 0 Å². The number of aromatic nitrogens is 2. The molecule has 0 atom stereocenters. The highest BCUT2D eigenvalue weighted by molar-refractivity contribution is 6.31. The third kappa shape index (κ3) is 3.97. The molecule has 0 radical (unpaired) electrons. The molecule has 2 aromatic carbocycles. The highest BCUT2D eigenvalue weighted by Gasteiger charge is 2.13. The van der Waals surface area contributed by atoms with Crippen molar-refractivity contribution in [3.8, 4) is 11.4 Å². The van der Waals surface area contributed by atoms with E-state index >= 15 is 0 Å². The minimum absolute atomic E-state index is 0.222. The second-order valence-corrected chi connectivity index (χ2v) is 6.69. The first-order chi connectivity index (χ1) is 13.1. The molecule has 6 nitrogen and oxygen atoms in total. The lowest BCUT2D eigenvalue weighted by Gasteiger charge is -1.99. The lowest BCUT2D eigenvalue weighted by Crippen LogP contribution is -2.25. The molecule has 0 aliphatic carbocycles. The lowest BCUT2D eigenvalue weighted by molar-refractivity contribution is 0.0928. The van der Waals surface area contributed by atoms with E-state index in [0.29, 0.717) is 40.3 Å². The highest BCUT2D eigenvalue weighted by atomic mass is 35.5. The first-order valence-electron chi connectivity index (χ1n) is 8.14. The van der Waals surface area contributed by atoms with Crippen LogP contribution in [0.2, 0.25) is 10.0 Å². The maximum Gasteiger partial charge on any atom is 0.287 e. The molecule has 0 saturated heterocycles. The summed E-state index contributed by atoms with van der Waals surface area (Å²) in [5.41, 5.74) is 1.41. The Kier molecular flexibility index (Phi) is 4.83. The third-order valence-corrected chi connectivity index (χ3v) is 4.38. The Morgan fingerprint density at radius 3 is 2.63 bits per heavy atom. The van der Waals surface area contributed by atoms with Crippen LogP contribution in [0.25, 0.3) is 22.4 Å². The number of benzene rings is 2.